The van der Waals surface area contributed by atoms with Crippen LogP contribution in [0.4, 0.5) is 10.6 Å². The molecule has 1 aliphatic rings. The van der Waals surface area contributed by atoms with Crippen molar-refractivity contribution in [3.8, 4) is 0 Å². The van der Waals surface area contributed by atoms with E-state index in [-0.39, 0.29) is 30.9 Å². The quantitative estimate of drug-likeness (QED) is 0.663. The molecule has 2 amide bonds. The Labute approximate surface area is 154 Å². The molecule has 1 saturated heterocycles. The van der Waals surface area contributed by atoms with Crippen molar-refractivity contribution in [3.63, 3.8) is 0 Å². The molecule has 1 aliphatic heterocycles. The first-order chi connectivity index (χ1) is 11.6. The van der Waals surface area contributed by atoms with Crippen LogP contribution in [0, 0.1) is 0 Å². The fourth-order valence-electron chi connectivity index (χ4n) is 2.67. The Balaban J connectivity index is 2.20. The Morgan fingerprint density at radius 3 is 2.72 bits per heavy atom. The van der Waals surface area contributed by atoms with Gasteiger partial charge in [0.15, 0.2) is 0 Å². The van der Waals surface area contributed by atoms with Gasteiger partial charge >= 0.3 is 6.09 Å². The molecule has 1 aromatic heterocycles. The van der Waals surface area contributed by atoms with E-state index >= 15 is 0 Å². The molecule has 0 unspecified atom stereocenters. The Kier molecular flexibility index (Phi) is 5.94. The number of nitrogens with zero attached hydrogens (tertiary/aromatic N) is 3. The van der Waals surface area contributed by atoms with Crippen LogP contribution >= 0.6 is 15.9 Å². The molecule has 10 heteroatoms. The Bertz CT molecular complexity index is 655. The van der Waals surface area contributed by atoms with E-state index in [0.29, 0.717) is 29.9 Å². The van der Waals surface area contributed by atoms with E-state index in [1.54, 1.807) is 9.58 Å². The van der Waals surface area contributed by atoms with Crippen molar-refractivity contribution in [2.45, 2.75) is 38.8 Å². The highest BCUT2D eigenvalue weighted by molar-refractivity contribution is 9.10. The number of carbonyl (C=O) groups is 2. The van der Waals surface area contributed by atoms with Gasteiger partial charge in [0.25, 0.3) is 5.91 Å². The molecule has 0 spiro atoms. The van der Waals surface area contributed by atoms with Crippen molar-refractivity contribution in [2.24, 2.45) is 5.73 Å². The lowest BCUT2D eigenvalue weighted by atomic mass is 10.2. The second kappa shape index (κ2) is 7.61. The molecule has 0 aromatic carbocycles. The van der Waals surface area contributed by atoms with Gasteiger partial charge in [-0.3, -0.25) is 4.79 Å². The number of anilines is 1. The summed E-state index contributed by atoms with van der Waals surface area (Å²) < 4.78 is 7.37. The van der Waals surface area contributed by atoms with Crippen molar-refractivity contribution in [3.05, 3.63) is 10.2 Å². The number of halogens is 1. The zero-order valence-corrected chi connectivity index (χ0v) is 16.2. The summed E-state index contributed by atoms with van der Waals surface area (Å²) in [5.41, 5.74) is 5.10. The molecule has 1 atom stereocenters. The summed E-state index contributed by atoms with van der Waals surface area (Å²) in [5.74, 6) is -0.190. The minimum absolute atomic E-state index is 0.101. The van der Waals surface area contributed by atoms with Crippen LogP contribution < -0.4 is 11.1 Å². The number of amides is 2. The van der Waals surface area contributed by atoms with Crippen molar-refractivity contribution >= 4 is 33.7 Å². The fourth-order valence-corrected chi connectivity index (χ4v) is 3.22. The molecule has 1 fully saturated rings. The lowest BCUT2D eigenvalue weighted by Gasteiger charge is -2.24. The van der Waals surface area contributed by atoms with Gasteiger partial charge in [-0.25, -0.2) is 9.48 Å². The van der Waals surface area contributed by atoms with Crippen LogP contribution in [0.5, 0.6) is 0 Å². The number of carbonyl (C=O) groups excluding carboxylic acids is 2. The second-order valence-electron chi connectivity index (χ2n) is 6.84. The summed E-state index contributed by atoms with van der Waals surface area (Å²) in [7, 11) is 0. The predicted molar refractivity (Wildman–Crippen MR) is 95.5 cm³/mol. The maximum atomic E-state index is 12.2. The van der Waals surface area contributed by atoms with Gasteiger partial charge in [-0.2, -0.15) is 5.10 Å². The minimum atomic E-state index is -0.624. The van der Waals surface area contributed by atoms with Crippen molar-refractivity contribution in [1.29, 1.82) is 0 Å². The number of nitrogens with two attached hydrogens (primary N) is 1. The van der Waals surface area contributed by atoms with Crippen molar-refractivity contribution < 1.29 is 19.4 Å². The van der Waals surface area contributed by atoms with Gasteiger partial charge in [-0.05, 0) is 43.1 Å². The summed E-state index contributed by atoms with van der Waals surface area (Å²) in [6.07, 6.45) is 0.292. The zero-order chi connectivity index (χ0) is 18.8. The predicted octanol–water partition coefficient (Wildman–Crippen LogP) is 1.33. The molecule has 4 N–H and O–H groups in total. The lowest BCUT2D eigenvalue weighted by molar-refractivity contribution is 0.0288. The zero-order valence-electron chi connectivity index (χ0n) is 14.6. The topological polar surface area (TPSA) is 123 Å². The minimum Gasteiger partial charge on any atom is -0.444 e. The molecule has 140 valence electrons. The van der Waals surface area contributed by atoms with Crippen LogP contribution in [0.15, 0.2) is 4.60 Å². The second-order valence-corrected chi connectivity index (χ2v) is 7.59. The Hall–Kier alpha value is -1.81. The van der Waals surface area contributed by atoms with Gasteiger partial charge in [0.2, 0.25) is 0 Å². The van der Waals surface area contributed by atoms with Gasteiger partial charge in [0.05, 0.1) is 12.6 Å². The number of aliphatic hydroxyl groups is 1. The van der Waals surface area contributed by atoms with E-state index < -0.39 is 11.5 Å². The van der Waals surface area contributed by atoms with E-state index in [1.807, 2.05) is 20.8 Å². The largest absolute Gasteiger partial charge is 0.444 e. The summed E-state index contributed by atoms with van der Waals surface area (Å²) in [6.45, 7) is 6.55. The van der Waals surface area contributed by atoms with Gasteiger partial charge in [-0.1, -0.05) is 0 Å². The first-order valence-corrected chi connectivity index (χ1v) is 8.83. The number of hydrogen-bond acceptors (Lipinski definition) is 6. The normalized spacial score (nSPS) is 17.6. The summed E-state index contributed by atoms with van der Waals surface area (Å²) in [6, 6.07) is -0.127. The molecule has 9 nitrogen and oxygen atoms in total. The van der Waals surface area contributed by atoms with E-state index in [1.165, 1.54) is 0 Å². The highest BCUT2D eigenvalue weighted by Crippen LogP contribution is 2.31. The van der Waals surface area contributed by atoms with Gasteiger partial charge in [0, 0.05) is 19.6 Å². The van der Waals surface area contributed by atoms with Crippen LogP contribution in [-0.2, 0) is 4.74 Å². The highest BCUT2D eigenvalue weighted by Gasteiger charge is 2.34. The third-order valence-corrected chi connectivity index (χ3v) is 4.23. The number of nitrogens with one attached hydrogen (secondary N) is 1. The van der Waals surface area contributed by atoms with Crippen LogP contribution in [0.25, 0.3) is 0 Å². The fraction of sp³-hybridized carbons (Fsp3) is 0.667. The van der Waals surface area contributed by atoms with Crippen molar-refractivity contribution in [1.82, 2.24) is 14.7 Å². The van der Waals surface area contributed by atoms with Crippen molar-refractivity contribution in [2.75, 3.05) is 31.6 Å². The SMILES string of the molecule is CC(C)(C)OC(=O)N1CC[C@H](n2nc(Br)c(C(N)=O)c2NCCO)C1. The number of hydrogen-bond donors (Lipinski definition) is 3. The summed E-state index contributed by atoms with van der Waals surface area (Å²) in [5, 5.41) is 16.4. The molecular weight excluding hydrogens is 394 g/mol. The van der Waals surface area contributed by atoms with E-state index in [4.69, 9.17) is 15.6 Å². The summed E-state index contributed by atoms with van der Waals surface area (Å²) in [4.78, 5) is 25.5. The standard InChI is InChI=1S/C15H24BrN5O4/c1-15(2,3)25-14(24)20-6-4-9(8-20)21-13(18-5-7-22)10(12(17)23)11(16)19-21/h9,18,22H,4-8H2,1-3H3,(H2,17,23)/t9-/m0/s1. The highest BCUT2D eigenvalue weighted by atomic mass is 79.9. The third kappa shape index (κ3) is 4.63. The van der Waals surface area contributed by atoms with E-state index in [2.05, 4.69) is 26.3 Å². The lowest BCUT2D eigenvalue weighted by Crippen LogP contribution is -2.35. The average Bonchev–Trinajstić information content (AvgIpc) is 3.07. The van der Waals surface area contributed by atoms with Gasteiger partial charge in [0.1, 0.15) is 21.6 Å². The molecular formula is C15H24BrN5O4. The van der Waals surface area contributed by atoms with Crippen LogP contribution in [0.2, 0.25) is 0 Å². The van der Waals surface area contributed by atoms with E-state index in [0.717, 1.165) is 0 Å². The number of ether oxygens (including phenoxy) is 1. The molecule has 2 rings (SSSR count). The molecule has 0 bridgehead atoms. The number of aromatic nitrogens is 2. The van der Waals surface area contributed by atoms with Crippen LogP contribution in [0.1, 0.15) is 43.6 Å². The molecule has 0 saturated carbocycles. The molecule has 2 heterocycles. The Morgan fingerprint density at radius 1 is 1.48 bits per heavy atom. The average molecular weight is 418 g/mol. The smallest absolute Gasteiger partial charge is 0.410 e. The first-order valence-electron chi connectivity index (χ1n) is 8.04. The van der Waals surface area contributed by atoms with Crippen LogP contribution in [0.3, 0.4) is 0 Å². The monoisotopic (exact) mass is 417 g/mol. The van der Waals surface area contributed by atoms with Crippen LogP contribution in [-0.4, -0.2) is 63.6 Å². The number of rotatable bonds is 5. The third-order valence-electron chi connectivity index (χ3n) is 3.68. The van der Waals surface area contributed by atoms with Gasteiger partial charge < -0.3 is 25.8 Å². The Morgan fingerprint density at radius 2 is 2.16 bits per heavy atom. The molecule has 25 heavy (non-hydrogen) atoms. The van der Waals surface area contributed by atoms with Gasteiger partial charge in [-0.15, -0.1) is 0 Å². The molecule has 0 aliphatic carbocycles. The number of likely N-dealkylation sites (tertiary alicyclic amines) is 1. The number of primary amides is 1. The summed E-state index contributed by atoms with van der Waals surface area (Å²) >= 11 is 3.25. The maximum Gasteiger partial charge on any atom is 0.410 e. The molecule has 1 aromatic rings. The molecule has 0 radical (unpaired) electrons. The maximum absolute atomic E-state index is 12.2. The number of aliphatic hydroxyl groups excluding tert-OH is 1. The van der Waals surface area contributed by atoms with E-state index in [9.17, 15) is 9.59 Å². The first kappa shape index (κ1) is 19.5.